The van der Waals surface area contributed by atoms with Crippen molar-refractivity contribution in [1.29, 1.82) is 0 Å². The number of likely N-dealkylation sites (N-methyl/N-ethyl adjacent to an activating group) is 1. The number of carbonyl (C=O) groups is 2. The van der Waals surface area contributed by atoms with Crippen LogP contribution in [0, 0.1) is 0 Å². The smallest absolute Gasteiger partial charge is 0.303 e. The van der Waals surface area contributed by atoms with E-state index in [9.17, 15) is 9.59 Å². The summed E-state index contributed by atoms with van der Waals surface area (Å²) in [4.78, 5) is 25.0. The van der Waals surface area contributed by atoms with Crippen LogP contribution in [0.25, 0.3) is 6.08 Å². The Labute approximate surface area is 102 Å². The summed E-state index contributed by atoms with van der Waals surface area (Å²) in [6.45, 7) is 2.12. The quantitative estimate of drug-likeness (QED) is 0.652. The number of nitrogens with zero attached hydrogens (tertiary/aromatic N) is 1. The van der Waals surface area contributed by atoms with Crippen molar-refractivity contribution < 1.29 is 9.59 Å². The first-order valence-corrected chi connectivity index (χ1v) is 5.91. The zero-order chi connectivity index (χ0) is 11.7. The summed E-state index contributed by atoms with van der Waals surface area (Å²) in [7, 11) is 0. The summed E-state index contributed by atoms with van der Waals surface area (Å²) in [5.41, 5.74) is 0.297. The van der Waals surface area contributed by atoms with E-state index in [0.717, 1.165) is 9.78 Å². The number of halogens is 1. The fourth-order valence-corrected chi connectivity index (χ4v) is 2.41. The molecule has 6 heteroatoms. The molecule has 0 saturated carbocycles. The molecule has 0 aliphatic carbocycles. The molecule has 0 radical (unpaired) electrons. The first kappa shape index (κ1) is 11.2. The minimum atomic E-state index is -0.374. The van der Waals surface area contributed by atoms with Crippen LogP contribution in [0.5, 0.6) is 0 Å². The van der Waals surface area contributed by atoms with E-state index in [1.165, 1.54) is 11.3 Å². The molecule has 0 unspecified atom stereocenters. The fourth-order valence-electron chi connectivity index (χ4n) is 1.41. The molecule has 84 valence electrons. The van der Waals surface area contributed by atoms with Crippen LogP contribution in [0.4, 0.5) is 4.79 Å². The van der Waals surface area contributed by atoms with Crippen molar-refractivity contribution in [2.24, 2.45) is 0 Å². The second-order valence-corrected chi connectivity index (χ2v) is 4.93. The number of hydrogen-bond acceptors (Lipinski definition) is 3. The van der Waals surface area contributed by atoms with Crippen LogP contribution in [0.15, 0.2) is 17.8 Å². The van der Waals surface area contributed by atoms with Crippen LogP contribution in [0.3, 0.4) is 0 Å². The number of hydrogen-bond donors (Lipinski definition) is 1. The SMILES string of the molecule is CCN1C(=O)NC(=Cc2ccc(Cl)s2)C1=O. The molecule has 1 aromatic rings. The normalized spacial score (nSPS) is 18.4. The zero-order valence-electron chi connectivity index (χ0n) is 8.49. The van der Waals surface area contributed by atoms with E-state index in [0.29, 0.717) is 16.6 Å². The molecular formula is C10H9ClN2O2S. The number of imide groups is 1. The van der Waals surface area contributed by atoms with Crippen molar-refractivity contribution in [3.63, 3.8) is 0 Å². The number of nitrogens with one attached hydrogen (secondary N) is 1. The average molecular weight is 257 g/mol. The van der Waals surface area contributed by atoms with Crippen molar-refractivity contribution in [3.05, 3.63) is 27.0 Å². The summed E-state index contributed by atoms with van der Waals surface area (Å²) < 4.78 is 0.649. The molecule has 3 amide bonds. The van der Waals surface area contributed by atoms with Gasteiger partial charge in [0.1, 0.15) is 5.70 Å². The molecule has 0 atom stereocenters. The Morgan fingerprint density at radius 3 is 2.75 bits per heavy atom. The minimum absolute atomic E-state index is 0.294. The molecule has 0 spiro atoms. The Morgan fingerprint density at radius 2 is 2.25 bits per heavy atom. The van der Waals surface area contributed by atoms with Gasteiger partial charge in [0, 0.05) is 11.4 Å². The Bertz CT molecular complexity index is 481. The van der Waals surface area contributed by atoms with Crippen molar-refractivity contribution in [2.75, 3.05) is 6.54 Å². The molecule has 1 aromatic heterocycles. The first-order valence-electron chi connectivity index (χ1n) is 4.71. The number of urea groups is 1. The van der Waals surface area contributed by atoms with Gasteiger partial charge >= 0.3 is 6.03 Å². The molecule has 2 rings (SSSR count). The number of amides is 3. The Balaban J connectivity index is 2.27. The number of rotatable bonds is 2. The fraction of sp³-hybridized carbons (Fsp3) is 0.200. The summed E-state index contributed by atoms with van der Waals surface area (Å²) >= 11 is 7.13. The van der Waals surface area contributed by atoms with Crippen LogP contribution in [-0.2, 0) is 4.79 Å². The molecule has 1 saturated heterocycles. The maximum absolute atomic E-state index is 11.7. The predicted octanol–water partition coefficient (Wildman–Crippen LogP) is 2.31. The minimum Gasteiger partial charge on any atom is -0.303 e. The maximum Gasteiger partial charge on any atom is 0.328 e. The molecule has 0 bridgehead atoms. The van der Waals surface area contributed by atoms with Gasteiger partial charge < -0.3 is 5.32 Å². The molecule has 1 aliphatic rings. The highest BCUT2D eigenvalue weighted by Gasteiger charge is 2.31. The third-order valence-electron chi connectivity index (χ3n) is 2.16. The molecule has 1 fully saturated rings. The number of thiophene rings is 1. The van der Waals surface area contributed by atoms with Gasteiger partial charge in [-0.3, -0.25) is 9.69 Å². The van der Waals surface area contributed by atoms with Crippen molar-refractivity contribution in [3.8, 4) is 0 Å². The van der Waals surface area contributed by atoms with Crippen LogP contribution >= 0.6 is 22.9 Å². The predicted molar refractivity (Wildman–Crippen MR) is 63.2 cm³/mol. The Kier molecular flexibility index (Phi) is 2.98. The topological polar surface area (TPSA) is 49.4 Å². The van der Waals surface area contributed by atoms with E-state index in [1.54, 1.807) is 25.1 Å². The molecule has 1 N–H and O–H groups in total. The summed E-state index contributed by atoms with van der Waals surface area (Å²) in [5, 5.41) is 2.52. The summed E-state index contributed by atoms with van der Waals surface area (Å²) in [6, 6.07) is 3.17. The monoisotopic (exact) mass is 256 g/mol. The van der Waals surface area contributed by atoms with Crippen molar-refractivity contribution >= 4 is 41.0 Å². The van der Waals surface area contributed by atoms with E-state index >= 15 is 0 Å². The molecule has 0 aromatic carbocycles. The van der Waals surface area contributed by atoms with Crippen LogP contribution < -0.4 is 5.32 Å². The molecular weight excluding hydrogens is 248 g/mol. The molecule has 16 heavy (non-hydrogen) atoms. The van der Waals surface area contributed by atoms with E-state index in [-0.39, 0.29) is 11.9 Å². The Hall–Kier alpha value is -1.33. The standard InChI is InChI=1S/C10H9ClN2O2S/c1-2-13-9(14)7(12-10(13)15)5-6-3-4-8(11)16-6/h3-5H,2H2,1H3,(H,12,15). The van der Waals surface area contributed by atoms with Crippen molar-refractivity contribution in [1.82, 2.24) is 10.2 Å². The third-order valence-corrected chi connectivity index (χ3v) is 3.34. The average Bonchev–Trinajstić information content (AvgIpc) is 2.74. The van der Waals surface area contributed by atoms with Gasteiger partial charge in [-0.05, 0) is 25.1 Å². The molecule has 1 aliphatic heterocycles. The summed E-state index contributed by atoms with van der Waals surface area (Å²) in [5.74, 6) is -0.294. The second kappa shape index (κ2) is 4.27. The van der Waals surface area contributed by atoms with Crippen LogP contribution in [0.2, 0.25) is 4.34 Å². The number of carbonyl (C=O) groups excluding carboxylic acids is 2. The molecule has 2 heterocycles. The zero-order valence-corrected chi connectivity index (χ0v) is 10.1. The largest absolute Gasteiger partial charge is 0.328 e. The van der Waals surface area contributed by atoms with Gasteiger partial charge in [-0.1, -0.05) is 11.6 Å². The van der Waals surface area contributed by atoms with Gasteiger partial charge in [0.05, 0.1) is 4.34 Å². The molecule has 4 nitrogen and oxygen atoms in total. The lowest BCUT2D eigenvalue weighted by atomic mass is 10.3. The van der Waals surface area contributed by atoms with E-state index in [1.807, 2.05) is 0 Å². The maximum atomic E-state index is 11.7. The van der Waals surface area contributed by atoms with Crippen LogP contribution in [0.1, 0.15) is 11.8 Å². The Morgan fingerprint density at radius 1 is 1.50 bits per heavy atom. The van der Waals surface area contributed by atoms with Gasteiger partial charge in [-0.25, -0.2) is 4.79 Å². The van der Waals surface area contributed by atoms with E-state index in [2.05, 4.69) is 5.32 Å². The highest BCUT2D eigenvalue weighted by atomic mass is 35.5. The van der Waals surface area contributed by atoms with Crippen LogP contribution in [-0.4, -0.2) is 23.4 Å². The van der Waals surface area contributed by atoms with Gasteiger partial charge in [-0.15, -0.1) is 11.3 Å². The highest BCUT2D eigenvalue weighted by molar-refractivity contribution is 7.17. The van der Waals surface area contributed by atoms with Gasteiger partial charge in [-0.2, -0.15) is 0 Å². The van der Waals surface area contributed by atoms with Gasteiger partial charge in [0.25, 0.3) is 5.91 Å². The third kappa shape index (κ3) is 1.96. The lowest BCUT2D eigenvalue weighted by Crippen LogP contribution is -2.30. The second-order valence-electron chi connectivity index (χ2n) is 3.18. The first-order chi connectivity index (χ1) is 7.61. The lowest BCUT2D eigenvalue weighted by molar-refractivity contribution is -0.122. The van der Waals surface area contributed by atoms with Gasteiger partial charge in [0.15, 0.2) is 0 Å². The summed E-state index contributed by atoms with van der Waals surface area (Å²) in [6.07, 6.45) is 1.63. The van der Waals surface area contributed by atoms with E-state index < -0.39 is 0 Å². The van der Waals surface area contributed by atoms with E-state index in [4.69, 9.17) is 11.6 Å². The highest BCUT2D eigenvalue weighted by Crippen LogP contribution is 2.24. The van der Waals surface area contributed by atoms with Crippen molar-refractivity contribution in [2.45, 2.75) is 6.92 Å². The van der Waals surface area contributed by atoms with Gasteiger partial charge in [0.2, 0.25) is 0 Å². The lowest BCUT2D eigenvalue weighted by Gasteiger charge is -2.05.